The highest BCUT2D eigenvalue weighted by Crippen LogP contribution is 2.33. The van der Waals surface area contributed by atoms with E-state index < -0.39 is 0 Å². The van der Waals surface area contributed by atoms with Gasteiger partial charge in [0.2, 0.25) is 0 Å². The van der Waals surface area contributed by atoms with Crippen LogP contribution in [0, 0.1) is 12.7 Å². The first-order chi connectivity index (χ1) is 9.47. The Kier molecular flexibility index (Phi) is 3.30. The second-order valence-electron chi connectivity index (χ2n) is 4.50. The molecular formula is C14H10Br2FN3. The van der Waals surface area contributed by atoms with E-state index >= 15 is 0 Å². The number of hydrogen-bond donors (Lipinski definition) is 1. The summed E-state index contributed by atoms with van der Waals surface area (Å²) in [6, 6.07) is 6.39. The fourth-order valence-corrected chi connectivity index (χ4v) is 2.81. The van der Waals surface area contributed by atoms with Crippen LogP contribution in [-0.4, -0.2) is 9.38 Å². The Balaban J connectivity index is 2.32. The molecule has 102 valence electrons. The highest BCUT2D eigenvalue weighted by Gasteiger charge is 2.15. The standard InChI is InChI=1S/C14H10Br2FN3/c1-7-4-12-19-13(14(18)20(12)6-11(7)16)9-5-8(17)2-3-10(9)15/h2-6H,18H2,1H3. The molecule has 0 saturated carbocycles. The molecule has 0 aliphatic rings. The predicted molar refractivity (Wildman–Crippen MR) is 85.1 cm³/mol. The minimum Gasteiger partial charge on any atom is -0.383 e. The molecule has 0 bridgehead atoms. The Labute approximate surface area is 131 Å². The van der Waals surface area contributed by atoms with Gasteiger partial charge in [-0.05, 0) is 52.7 Å². The van der Waals surface area contributed by atoms with Crippen LogP contribution in [0.1, 0.15) is 5.56 Å². The Morgan fingerprint density at radius 1 is 1.20 bits per heavy atom. The van der Waals surface area contributed by atoms with Crippen molar-refractivity contribution in [2.45, 2.75) is 6.92 Å². The van der Waals surface area contributed by atoms with Crippen LogP contribution in [0.2, 0.25) is 0 Å². The fraction of sp³-hybridized carbons (Fsp3) is 0.0714. The third-order valence-corrected chi connectivity index (χ3v) is 4.65. The van der Waals surface area contributed by atoms with Gasteiger partial charge in [-0.2, -0.15) is 0 Å². The second-order valence-corrected chi connectivity index (χ2v) is 6.21. The number of pyridine rings is 1. The minimum absolute atomic E-state index is 0.322. The molecule has 0 amide bonds. The Hall–Kier alpha value is -1.40. The highest BCUT2D eigenvalue weighted by molar-refractivity contribution is 9.10. The van der Waals surface area contributed by atoms with E-state index in [0.29, 0.717) is 17.1 Å². The summed E-state index contributed by atoms with van der Waals surface area (Å²) in [7, 11) is 0. The summed E-state index contributed by atoms with van der Waals surface area (Å²) >= 11 is 6.88. The number of nitrogens with two attached hydrogens (primary N) is 1. The number of anilines is 1. The summed E-state index contributed by atoms with van der Waals surface area (Å²) in [5.74, 6) is 0.156. The maximum Gasteiger partial charge on any atom is 0.139 e. The van der Waals surface area contributed by atoms with Crippen LogP contribution in [0.5, 0.6) is 0 Å². The predicted octanol–water partition coefficient (Wildman–Crippen LogP) is 4.56. The molecule has 2 heterocycles. The molecule has 0 saturated heterocycles. The SMILES string of the molecule is Cc1cc2nc(-c3cc(F)ccc3Br)c(N)n2cc1Br. The monoisotopic (exact) mass is 397 g/mol. The van der Waals surface area contributed by atoms with Crippen LogP contribution in [-0.2, 0) is 0 Å². The van der Waals surface area contributed by atoms with Crippen molar-refractivity contribution in [1.29, 1.82) is 0 Å². The summed E-state index contributed by atoms with van der Waals surface area (Å²) in [5, 5.41) is 0. The molecule has 0 fully saturated rings. The van der Waals surface area contributed by atoms with Crippen molar-refractivity contribution >= 4 is 43.3 Å². The lowest BCUT2D eigenvalue weighted by Gasteiger charge is -2.03. The van der Waals surface area contributed by atoms with Gasteiger partial charge < -0.3 is 5.73 Å². The van der Waals surface area contributed by atoms with Crippen molar-refractivity contribution < 1.29 is 4.39 Å². The second kappa shape index (κ2) is 4.86. The van der Waals surface area contributed by atoms with E-state index in [0.717, 1.165) is 20.2 Å². The minimum atomic E-state index is -0.322. The first-order valence-electron chi connectivity index (χ1n) is 5.86. The quantitative estimate of drug-likeness (QED) is 0.653. The molecular weight excluding hydrogens is 389 g/mol. The lowest BCUT2D eigenvalue weighted by molar-refractivity contribution is 0.628. The molecule has 3 nitrogen and oxygen atoms in total. The van der Waals surface area contributed by atoms with Crippen LogP contribution in [0.4, 0.5) is 10.2 Å². The van der Waals surface area contributed by atoms with Gasteiger partial charge in [-0.1, -0.05) is 15.9 Å². The molecule has 3 aromatic rings. The average Bonchev–Trinajstić information content (AvgIpc) is 2.70. The van der Waals surface area contributed by atoms with Crippen LogP contribution >= 0.6 is 31.9 Å². The maximum atomic E-state index is 13.4. The molecule has 6 heteroatoms. The topological polar surface area (TPSA) is 43.3 Å². The van der Waals surface area contributed by atoms with Gasteiger partial charge in [0.1, 0.15) is 23.0 Å². The molecule has 0 spiro atoms. The molecule has 3 rings (SSSR count). The average molecular weight is 399 g/mol. The van der Waals surface area contributed by atoms with Crippen LogP contribution in [0.3, 0.4) is 0 Å². The van der Waals surface area contributed by atoms with E-state index in [1.165, 1.54) is 12.1 Å². The van der Waals surface area contributed by atoms with Gasteiger partial charge in [-0.15, -0.1) is 0 Å². The van der Waals surface area contributed by atoms with Gasteiger partial charge in [-0.3, -0.25) is 4.40 Å². The lowest BCUT2D eigenvalue weighted by atomic mass is 10.1. The smallest absolute Gasteiger partial charge is 0.139 e. The summed E-state index contributed by atoms with van der Waals surface area (Å²) in [4.78, 5) is 4.51. The van der Waals surface area contributed by atoms with E-state index in [9.17, 15) is 4.39 Å². The Morgan fingerprint density at radius 2 is 1.95 bits per heavy atom. The zero-order valence-corrected chi connectivity index (χ0v) is 13.7. The van der Waals surface area contributed by atoms with E-state index in [2.05, 4.69) is 36.8 Å². The molecule has 2 aromatic heterocycles. The van der Waals surface area contributed by atoms with E-state index in [1.54, 1.807) is 10.5 Å². The molecule has 2 N–H and O–H groups in total. The zero-order valence-electron chi connectivity index (χ0n) is 10.5. The van der Waals surface area contributed by atoms with Crippen LogP contribution in [0.15, 0.2) is 39.4 Å². The molecule has 0 aliphatic heterocycles. The van der Waals surface area contributed by atoms with Crippen molar-refractivity contribution in [1.82, 2.24) is 9.38 Å². The van der Waals surface area contributed by atoms with Crippen molar-refractivity contribution in [2.75, 3.05) is 5.73 Å². The summed E-state index contributed by atoms with van der Waals surface area (Å²) < 4.78 is 16.9. The first-order valence-corrected chi connectivity index (χ1v) is 7.45. The number of rotatable bonds is 1. The van der Waals surface area contributed by atoms with Crippen LogP contribution in [0.25, 0.3) is 16.9 Å². The maximum absolute atomic E-state index is 13.4. The van der Waals surface area contributed by atoms with Gasteiger partial charge >= 0.3 is 0 Å². The number of nitrogens with zero attached hydrogens (tertiary/aromatic N) is 2. The highest BCUT2D eigenvalue weighted by atomic mass is 79.9. The molecule has 0 atom stereocenters. The number of benzene rings is 1. The van der Waals surface area contributed by atoms with Crippen molar-refractivity contribution in [3.8, 4) is 11.3 Å². The third-order valence-electron chi connectivity index (χ3n) is 3.12. The number of halogens is 3. The van der Waals surface area contributed by atoms with E-state index in [1.807, 2.05) is 19.2 Å². The normalized spacial score (nSPS) is 11.2. The fourth-order valence-electron chi connectivity index (χ4n) is 2.06. The van der Waals surface area contributed by atoms with Gasteiger partial charge in [0.05, 0.1) is 0 Å². The number of aromatic nitrogens is 2. The summed E-state index contributed by atoms with van der Waals surface area (Å²) in [5.41, 5.74) is 9.14. The number of imidazole rings is 1. The molecule has 0 unspecified atom stereocenters. The Morgan fingerprint density at radius 3 is 2.70 bits per heavy atom. The number of hydrogen-bond acceptors (Lipinski definition) is 2. The summed E-state index contributed by atoms with van der Waals surface area (Å²) in [6.07, 6.45) is 1.86. The Bertz CT molecular complexity index is 827. The number of aryl methyl sites for hydroxylation is 1. The third kappa shape index (κ3) is 2.13. The van der Waals surface area contributed by atoms with E-state index in [4.69, 9.17) is 5.73 Å². The lowest BCUT2D eigenvalue weighted by Crippen LogP contribution is -1.95. The molecule has 0 aliphatic carbocycles. The van der Waals surface area contributed by atoms with Crippen molar-refractivity contribution in [2.24, 2.45) is 0 Å². The van der Waals surface area contributed by atoms with Gasteiger partial charge in [0.25, 0.3) is 0 Å². The molecule has 20 heavy (non-hydrogen) atoms. The van der Waals surface area contributed by atoms with E-state index in [-0.39, 0.29) is 5.82 Å². The van der Waals surface area contributed by atoms with Crippen LogP contribution < -0.4 is 5.73 Å². The van der Waals surface area contributed by atoms with Crippen molar-refractivity contribution in [3.05, 3.63) is 50.8 Å². The number of nitrogen functional groups attached to an aromatic ring is 1. The van der Waals surface area contributed by atoms with Gasteiger partial charge in [0, 0.05) is 20.7 Å². The van der Waals surface area contributed by atoms with Crippen molar-refractivity contribution in [3.63, 3.8) is 0 Å². The molecule has 0 radical (unpaired) electrons. The largest absolute Gasteiger partial charge is 0.383 e. The zero-order chi connectivity index (χ0) is 14.4. The van der Waals surface area contributed by atoms with Gasteiger partial charge in [0.15, 0.2) is 0 Å². The number of fused-ring (bicyclic) bond motifs is 1. The first kappa shape index (κ1) is 13.6. The molecule has 1 aromatic carbocycles. The summed E-state index contributed by atoms with van der Waals surface area (Å²) in [6.45, 7) is 1.98. The van der Waals surface area contributed by atoms with Gasteiger partial charge in [-0.25, -0.2) is 9.37 Å².